The first-order valence-electron chi connectivity index (χ1n) is 7.33. The second-order valence-electron chi connectivity index (χ2n) is 6.76. The molecule has 0 spiro atoms. The Bertz CT molecular complexity index is 420. The molecule has 0 aliphatic carbocycles. The molecule has 0 heterocycles. The number of hydrogen-bond donors (Lipinski definition) is 2. The van der Waals surface area contributed by atoms with Gasteiger partial charge in [0.15, 0.2) is 0 Å². The molecule has 0 saturated carbocycles. The van der Waals surface area contributed by atoms with Gasteiger partial charge in [0.25, 0.3) is 0 Å². The summed E-state index contributed by atoms with van der Waals surface area (Å²) >= 11 is 0. The van der Waals surface area contributed by atoms with E-state index in [4.69, 9.17) is 0 Å². The summed E-state index contributed by atoms with van der Waals surface area (Å²) in [6.07, 6.45) is 0. The van der Waals surface area contributed by atoms with E-state index in [9.17, 15) is 4.79 Å². The fourth-order valence-electron chi connectivity index (χ4n) is 2.13. The normalized spacial score (nSPS) is 14.9. The molecule has 0 aliphatic heterocycles. The summed E-state index contributed by atoms with van der Waals surface area (Å²) in [4.78, 5) is 12.4. The molecule has 1 aromatic rings. The predicted molar refractivity (Wildman–Crippen MR) is 84.5 cm³/mol. The molecule has 112 valence electrons. The van der Waals surface area contributed by atoms with Gasteiger partial charge in [-0.25, -0.2) is 0 Å². The van der Waals surface area contributed by atoms with Crippen LogP contribution in [0, 0.1) is 5.92 Å². The minimum Gasteiger partial charge on any atom is -0.350 e. The number of benzene rings is 1. The van der Waals surface area contributed by atoms with Crippen molar-refractivity contribution in [1.29, 1.82) is 0 Å². The molecular weight excluding hydrogens is 248 g/mol. The van der Waals surface area contributed by atoms with Gasteiger partial charge in [0.05, 0.1) is 6.04 Å². The van der Waals surface area contributed by atoms with Crippen molar-refractivity contribution in [2.45, 2.75) is 59.2 Å². The van der Waals surface area contributed by atoms with E-state index in [1.807, 2.05) is 39.0 Å². The number of hydrogen-bond acceptors (Lipinski definition) is 2. The number of carbonyl (C=O) groups is 1. The lowest BCUT2D eigenvalue weighted by Gasteiger charge is -2.29. The Morgan fingerprint density at radius 1 is 1.05 bits per heavy atom. The maximum Gasteiger partial charge on any atom is 0.237 e. The third-order valence-corrected chi connectivity index (χ3v) is 3.18. The van der Waals surface area contributed by atoms with Gasteiger partial charge in [0, 0.05) is 11.6 Å². The summed E-state index contributed by atoms with van der Waals surface area (Å²) in [5.41, 5.74) is 0.990. The molecule has 2 N–H and O–H groups in total. The van der Waals surface area contributed by atoms with Gasteiger partial charge in [-0.1, -0.05) is 44.2 Å². The zero-order valence-corrected chi connectivity index (χ0v) is 13.5. The topological polar surface area (TPSA) is 41.1 Å². The molecule has 0 bridgehead atoms. The lowest BCUT2D eigenvalue weighted by molar-refractivity contribution is -0.125. The number of nitrogens with one attached hydrogen (secondary N) is 2. The van der Waals surface area contributed by atoms with Crippen LogP contribution in [0.1, 0.15) is 53.1 Å². The van der Waals surface area contributed by atoms with E-state index >= 15 is 0 Å². The molecular formula is C17H28N2O. The fraction of sp³-hybridized carbons (Fsp3) is 0.588. The Labute approximate surface area is 123 Å². The molecule has 3 heteroatoms. The quantitative estimate of drug-likeness (QED) is 0.866. The second kappa shape index (κ2) is 6.89. The zero-order chi connectivity index (χ0) is 15.3. The van der Waals surface area contributed by atoms with Crippen LogP contribution in [0.3, 0.4) is 0 Å². The molecule has 2 atom stereocenters. The molecule has 1 amide bonds. The Morgan fingerprint density at radius 2 is 1.60 bits per heavy atom. The largest absolute Gasteiger partial charge is 0.350 e. The highest BCUT2D eigenvalue weighted by Crippen LogP contribution is 2.15. The first-order chi connectivity index (χ1) is 9.20. The third kappa shape index (κ3) is 5.33. The van der Waals surface area contributed by atoms with Crippen LogP contribution in [0.5, 0.6) is 0 Å². The Balaban J connectivity index is 2.75. The van der Waals surface area contributed by atoms with Crippen molar-refractivity contribution in [3.8, 4) is 0 Å². The van der Waals surface area contributed by atoms with Crippen LogP contribution in [0.4, 0.5) is 0 Å². The predicted octanol–water partition coefficient (Wildman–Crippen LogP) is 3.28. The fourth-order valence-corrected chi connectivity index (χ4v) is 2.13. The second-order valence-corrected chi connectivity index (χ2v) is 6.76. The van der Waals surface area contributed by atoms with Crippen molar-refractivity contribution in [2.75, 3.05) is 0 Å². The minimum absolute atomic E-state index is 0.0651. The van der Waals surface area contributed by atoms with Crippen LogP contribution >= 0.6 is 0 Å². The van der Waals surface area contributed by atoms with E-state index in [1.54, 1.807) is 0 Å². The van der Waals surface area contributed by atoms with E-state index in [2.05, 4.69) is 43.5 Å². The lowest BCUT2D eigenvalue weighted by Crippen LogP contribution is -2.53. The molecule has 20 heavy (non-hydrogen) atoms. The van der Waals surface area contributed by atoms with Crippen molar-refractivity contribution in [3.05, 3.63) is 35.9 Å². The van der Waals surface area contributed by atoms with Gasteiger partial charge in [-0.3, -0.25) is 10.1 Å². The summed E-state index contributed by atoms with van der Waals surface area (Å²) in [6, 6.07) is 10.2. The lowest BCUT2D eigenvalue weighted by atomic mass is 9.99. The first-order valence-corrected chi connectivity index (χ1v) is 7.33. The van der Waals surface area contributed by atoms with Gasteiger partial charge in [0.1, 0.15) is 0 Å². The molecule has 0 saturated heterocycles. The van der Waals surface area contributed by atoms with Crippen molar-refractivity contribution >= 4 is 5.91 Å². The van der Waals surface area contributed by atoms with E-state index in [0.29, 0.717) is 0 Å². The van der Waals surface area contributed by atoms with Crippen LogP contribution in [-0.4, -0.2) is 17.5 Å². The summed E-state index contributed by atoms with van der Waals surface area (Å²) in [5, 5.41) is 6.50. The van der Waals surface area contributed by atoms with Crippen molar-refractivity contribution in [2.24, 2.45) is 5.92 Å². The summed E-state index contributed by atoms with van der Waals surface area (Å²) in [7, 11) is 0. The molecule has 0 fully saturated rings. The first kappa shape index (κ1) is 16.7. The highest BCUT2D eigenvalue weighted by Gasteiger charge is 2.26. The van der Waals surface area contributed by atoms with Crippen LogP contribution in [-0.2, 0) is 4.79 Å². The monoisotopic (exact) mass is 276 g/mol. The molecule has 3 nitrogen and oxygen atoms in total. The summed E-state index contributed by atoms with van der Waals surface area (Å²) in [6.45, 7) is 12.2. The molecule has 0 aromatic heterocycles. The summed E-state index contributed by atoms with van der Waals surface area (Å²) < 4.78 is 0. The Hall–Kier alpha value is -1.35. The third-order valence-electron chi connectivity index (χ3n) is 3.18. The SMILES string of the molecule is CC(C)[C@H](N[C@H](C)c1ccccc1)C(=O)NC(C)(C)C. The van der Waals surface area contributed by atoms with Crippen molar-refractivity contribution in [3.63, 3.8) is 0 Å². The standard InChI is InChI=1S/C17H28N2O/c1-12(2)15(16(20)19-17(4,5)6)18-13(3)14-10-8-7-9-11-14/h7-13,15,18H,1-6H3,(H,19,20)/t13-,15+/m1/s1. The molecule has 0 aliphatic rings. The van der Waals surface area contributed by atoms with Crippen molar-refractivity contribution < 1.29 is 4.79 Å². The molecule has 0 unspecified atom stereocenters. The van der Waals surface area contributed by atoms with E-state index in [0.717, 1.165) is 0 Å². The average Bonchev–Trinajstić information content (AvgIpc) is 2.34. The highest BCUT2D eigenvalue weighted by atomic mass is 16.2. The summed E-state index contributed by atoms with van der Waals surface area (Å²) in [5.74, 6) is 0.304. The van der Waals surface area contributed by atoms with Gasteiger partial charge in [-0.05, 0) is 39.2 Å². The number of rotatable bonds is 5. The van der Waals surface area contributed by atoms with Crippen LogP contribution < -0.4 is 10.6 Å². The van der Waals surface area contributed by atoms with Gasteiger partial charge >= 0.3 is 0 Å². The highest BCUT2D eigenvalue weighted by molar-refractivity contribution is 5.82. The smallest absolute Gasteiger partial charge is 0.237 e. The zero-order valence-electron chi connectivity index (χ0n) is 13.5. The van der Waals surface area contributed by atoms with Crippen LogP contribution in [0.25, 0.3) is 0 Å². The maximum atomic E-state index is 12.4. The minimum atomic E-state index is -0.206. The Morgan fingerprint density at radius 3 is 2.05 bits per heavy atom. The van der Waals surface area contributed by atoms with E-state index < -0.39 is 0 Å². The molecule has 1 rings (SSSR count). The Kier molecular flexibility index (Phi) is 5.75. The van der Waals surface area contributed by atoms with Gasteiger partial charge in [-0.2, -0.15) is 0 Å². The van der Waals surface area contributed by atoms with Crippen molar-refractivity contribution in [1.82, 2.24) is 10.6 Å². The molecule has 0 radical (unpaired) electrons. The van der Waals surface area contributed by atoms with Gasteiger partial charge in [0.2, 0.25) is 5.91 Å². The van der Waals surface area contributed by atoms with E-state index in [-0.39, 0.29) is 29.4 Å². The average molecular weight is 276 g/mol. The van der Waals surface area contributed by atoms with E-state index in [1.165, 1.54) is 5.56 Å². The molecule has 1 aromatic carbocycles. The van der Waals surface area contributed by atoms with Gasteiger partial charge in [-0.15, -0.1) is 0 Å². The van der Waals surface area contributed by atoms with Crippen LogP contribution in [0.15, 0.2) is 30.3 Å². The number of amides is 1. The van der Waals surface area contributed by atoms with Gasteiger partial charge < -0.3 is 5.32 Å². The maximum absolute atomic E-state index is 12.4. The number of carbonyl (C=O) groups excluding carboxylic acids is 1. The van der Waals surface area contributed by atoms with Crippen LogP contribution in [0.2, 0.25) is 0 Å².